The number of carbonyl (C=O) groups is 1. The lowest BCUT2D eigenvalue weighted by Crippen LogP contribution is -2.57. The number of nitrogens with two attached hydrogens (primary N) is 1. The van der Waals surface area contributed by atoms with Crippen LogP contribution in [-0.2, 0) is 9.53 Å². The van der Waals surface area contributed by atoms with Crippen LogP contribution in [0.5, 0.6) is 0 Å². The molecule has 3 fully saturated rings. The van der Waals surface area contributed by atoms with E-state index >= 15 is 0 Å². The van der Waals surface area contributed by atoms with Crippen molar-refractivity contribution in [2.24, 2.45) is 23.0 Å². The molecule has 4 nitrogen and oxygen atoms in total. The predicted octanol–water partition coefficient (Wildman–Crippen LogP) is 2.17. The molecule has 21 heavy (non-hydrogen) atoms. The smallest absolute Gasteiger partial charge is 0.226 e. The number of hydrogen-bond acceptors (Lipinski definition) is 3. The highest BCUT2D eigenvalue weighted by atomic mass is 16.5. The van der Waals surface area contributed by atoms with Crippen LogP contribution in [0.3, 0.4) is 0 Å². The maximum absolute atomic E-state index is 13.2. The van der Waals surface area contributed by atoms with Crippen molar-refractivity contribution in [3.8, 4) is 0 Å². The van der Waals surface area contributed by atoms with Crippen LogP contribution in [0.15, 0.2) is 0 Å². The molecule has 0 aromatic rings. The number of nitrogens with zero attached hydrogens (tertiary/aromatic N) is 1. The first kappa shape index (κ1) is 15.3. The van der Waals surface area contributed by atoms with E-state index in [1.807, 2.05) is 0 Å². The van der Waals surface area contributed by atoms with Crippen LogP contribution >= 0.6 is 0 Å². The fourth-order valence-corrected chi connectivity index (χ4v) is 4.69. The van der Waals surface area contributed by atoms with Crippen LogP contribution < -0.4 is 5.73 Å². The molecule has 2 N–H and O–H groups in total. The Morgan fingerprint density at radius 1 is 1.24 bits per heavy atom. The average molecular weight is 294 g/mol. The van der Waals surface area contributed by atoms with E-state index < -0.39 is 0 Å². The van der Waals surface area contributed by atoms with Gasteiger partial charge < -0.3 is 15.4 Å². The number of rotatable bonds is 1. The Bertz CT molecular complexity index is 410. The van der Waals surface area contributed by atoms with Gasteiger partial charge in [-0.05, 0) is 43.4 Å². The van der Waals surface area contributed by atoms with Crippen LogP contribution in [0.4, 0.5) is 0 Å². The van der Waals surface area contributed by atoms with Gasteiger partial charge in [0.1, 0.15) is 0 Å². The van der Waals surface area contributed by atoms with E-state index in [1.165, 1.54) is 6.42 Å². The molecule has 1 heterocycles. The van der Waals surface area contributed by atoms with Gasteiger partial charge in [-0.1, -0.05) is 20.8 Å². The van der Waals surface area contributed by atoms with E-state index in [9.17, 15) is 4.79 Å². The van der Waals surface area contributed by atoms with Crippen molar-refractivity contribution in [3.63, 3.8) is 0 Å². The van der Waals surface area contributed by atoms with E-state index in [4.69, 9.17) is 10.5 Å². The first-order valence-corrected chi connectivity index (χ1v) is 8.60. The molecule has 4 heteroatoms. The molecule has 0 bridgehead atoms. The summed E-state index contributed by atoms with van der Waals surface area (Å²) in [5, 5.41) is 0. The number of hydrogen-bond donors (Lipinski definition) is 1. The molecular weight excluding hydrogens is 264 g/mol. The molecule has 0 spiro atoms. The third-order valence-electron chi connectivity index (χ3n) is 6.57. The molecule has 1 saturated heterocycles. The topological polar surface area (TPSA) is 55.6 Å². The molecule has 1 amide bonds. The Morgan fingerprint density at radius 2 is 2.00 bits per heavy atom. The Kier molecular flexibility index (Phi) is 4.04. The van der Waals surface area contributed by atoms with E-state index in [0.717, 1.165) is 32.2 Å². The highest BCUT2D eigenvalue weighted by molar-refractivity contribution is 5.80. The van der Waals surface area contributed by atoms with E-state index in [-0.39, 0.29) is 23.5 Å². The minimum atomic E-state index is -0.0127. The normalized spacial score (nSPS) is 42.7. The zero-order chi connectivity index (χ0) is 15.2. The SMILES string of the molecule is CC1C(N)CCC(C(=O)N2CCOC3CCCC32)C1(C)C. The zero-order valence-electron chi connectivity index (χ0n) is 13.7. The Balaban J connectivity index is 1.78. The third-order valence-corrected chi connectivity index (χ3v) is 6.57. The fraction of sp³-hybridized carbons (Fsp3) is 0.941. The number of fused-ring (bicyclic) bond motifs is 1. The molecule has 2 aliphatic carbocycles. The average Bonchev–Trinajstić information content (AvgIpc) is 2.92. The molecule has 3 rings (SSSR count). The van der Waals surface area contributed by atoms with Crippen LogP contribution in [0.1, 0.15) is 52.9 Å². The van der Waals surface area contributed by atoms with Gasteiger partial charge in [-0.25, -0.2) is 0 Å². The molecule has 0 aromatic carbocycles. The highest BCUT2D eigenvalue weighted by Gasteiger charge is 2.48. The van der Waals surface area contributed by atoms with E-state index in [1.54, 1.807) is 0 Å². The van der Waals surface area contributed by atoms with Crippen LogP contribution in [0, 0.1) is 17.3 Å². The molecule has 0 radical (unpaired) electrons. The van der Waals surface area contributed by atoms with Gasteiger partial charge in [0, 0.05) is 18.5 Å². The summed E-state index contributed by atoms with van der Waals surface area (Å²) in [4.78, 5) is 15.3. The second-order valence-electron chi connectivity index (χ2n) is 7.84. The molecule has 120 valence electrons. The van der Waals surface area contributed by atoms with Gasteiger partial charge in [0.05, 0.1) is 18.8 Å². The summed E-state index contributed by atoms with van der Waals surface area (Å²) < 4.78 is 5.85. The van der Waals surface area contributed by atoms with Crippen molar-refractivity contribution < 1.29 is 9.53 Å². The van der Waals surface area contributed by atoms with Crippen LogP contribution in [0.25, 0.3) is 0 Å². The third kappa shape index (κ3) is 2.50. The molecular formula is C17H30N2O2. The Labute approximate surface area is 128 Å². The second-order valence-corrected chi connectivity index (χ2v) is 7.84. The molecule has 5 atom stereocenters. The van der Waals surface area contributed by atoms with Crippen molar-refractivity contribution in [1.82, 2.24) is 4.90 Å². The van der Waals surface area contributed by atoms with E-state index in [2.05, 4.69) is 25.7 Å². The maximum Gasteiger partial charge on any atom is 0.226 e. The van der Waals surface area contributed by atoms with Gasteiger partial charge in [0.25, 0.3) is 0 Å². The number of carbonyl (C=O) groups excluding carboxylic acids is 1. The Morgan fingerprint density at radius 3 is 2.76 bits per heavy atom. The largest absolute Gasteiger partial charge is 0.374 e. The van der Waals surface area contributed by atoms with Crippen molar-refractivity contribution in [1.29, 1.82) is 0 Å². The molecule has 0 aromatic heterocycles. The lowest BCUT2D eigenvalue weighted by Gasteiger charge is -2.49. The summed E-state index contributed by atoms with van der Waals surface area (Å²) in [6, 6.07) is 0.556. The number of morpholine rings is 1. The Hall–Kier alpha value is -0.610. The van der Waals surface area contributed by atoms with Crippen molar-refractivity contribution >= 4 is 5.91 Å². The van der Waals surface area contributed by atoms with Gasteiger partial charge in [-0.3, -0.25) is 4.79 Å². The van der Waals surface area contributed by atoms with Crippen LogP contribution in [0.2, 0.25) is 0 Å². The van der Waals surface area contributed by atoms with Gasteiger partial charge in [-0.15, -0.1) is 0 Å². The standard InChI is InChI=1S/C17H30N2O2/c1-11-13(18)8-7-12(17(11,2)3)16(20)19-9-10-21-15-6-4-5-14(15)19/h11-15H,4-10,18H2,1-3H3. The summed E-state index contributed by atoms with van der Waals surface area (Å²) in [6.45, 7) is 8.14. The quantitative estimate of drug-likeness (QED) is 0.806. The summed E-state index contributed by atoms with van der Waals surface area (Å²) in [5.41, 5.74) is 6.22. The molecule has 3 aliphatic rings. The maximum atomic E-state index is 13.2. The van der Waals surface area contributed by atoms with E-state index in [0.29, 0.717) is 24.5 Å². The summed E-state index contributed by atoms with van der Waals surface area (Å²) in [6.07, 6.45) is 5.61. The minimum Gasteiger partial charge on any atom is -0.374 e. The van der Waals surface area contributed by atoms with Crippen LogP contribution in [-0.4, -0.2) is 42.1 Å². The fourth-order valence-electron chi connectivity index (χ4n) is 4.69. The first-order chi connectivity index (χ1) is 9.93. The van der Waals surface area contributed by atoms with Crippen molar-refractivity contribution in [3.05, 3.63) is 0 Å². The highest BCUT2D eigenvalue weighted by Crippen LogP contribution is 2.46. The monoisotopic (exact) mass is 294 g/mol. The second kappa shape index (κ2) is 5.54. The predicted molar refractivity (Wildman–Crippen MR) is 82.7 cm³/mol. The summed E-state index contributed by atoms with van der Waals surface area (Å²) in [7, 11) is 0. The number of amides is 1. The van der Waals surface area contributed by atoms with Gasteiger partial charge in [-0.2, -0.15) is 0 Å². The lowest BCUT2D eigenvalue weighted by atomic mass is 9.60. The zero-order valence-corrected chi connectivity index (χ0v) is 13.7. The van der Waals surface area contributed by atoms with Crippen molar-refractivity contribution in [2.75, 3.05) is 13.2 Å². The first-order valence-electron chi connectivity index (χ1n) is 8.60. The summed E-state index contributed by atoms with van der Waals surface area (Å²) >= 11 is 0. The number of ether oxygens (including phenoxy) is 1. The lowest BCUT2D eigenvalue weighted by molar-refractivity contribution is -0.156. The van der Waals surface area contributed by atoms with Gasteiger partial charge in [0.2, 0.25) is 5.91 Å². The molecule has 5 unspecified atom stereocenters. The summed E-state index contributed by atoms with van der Waals surface area (Å²) in [5.74, 6) is 0.867. The minimum absolute atomic E-state index is 0.0127. The van der Waals surface area contributed by atoms with Crippen molar-refractivity contribution in [2.45, 2.75) is 71.1 Å². The van der Waals surface area contributed by atoms with Gasteiger partial charge in [0.15, 0.2) is 0 Å². The van der Waals surface area contributed by atoms with Gasteiger partial charge >= 0.3 is 0 Å². The molecule has 2 saturated carbocycles. The molecule has 1 aliphatic heterocycles.